The highest BCUT2D eigenvalue weighted by Gasteiger charge is 2.16. The van der Waals surface area contributed by atoms with Crippen LogP contribution in [0.15, 0.2) is 28.7 Å². The summed E-state index contributed by atoms with van der Waals surface area (Å²) in [6, 6.07) is 6.72. The molecule has 0 saturated carbocycles. The Morgan fingerprint density at radius 2 is 2.00 bits per heavy atom. The van der Waals surface area contributed by atoms with E-state index in [4.69, 9.17) is 5.73 Å². The van der Waals surface area contributed by atoms with Gasteiger partial charge in [-0.05, 0) is 13.0 Å². The van der Waals surface area contributed by atoms with Crippen LogP contribution in [0.1, 0.15) is 18.7 Å². The maximum atomic E-state index is 13.4. The minimum atomic E-state index is -1.10. The van der Waals surface area contributed by atoms with Crippen molar-refractivity contribution in [3.05, 3.63) is 34.3 Å². The van der Waals surface area contributed by atoms with Gasteiger partial charge >= 0.3 is 0 Å². The molecule has 0 aromatic heterocycles. The number of nitrogens with two attached hydrogens (primary N) is 1. The first-order valence-electron chi connectivity index (χ1n) is 3.77. The van der Waals surface area contributed by atoms with Crippen molar-refractivity contribution >= 4 is 15.9 Å². The van der Waals surface area contributed by atoms with Crippen molar-refractivity contribution in [2.45, 2.75) is 19.1 Å². The van der Waals surface area contributed by atoms with Crippen molar-refractivity contribution in [1.82, 2.24) is 0 Å². The Hall–Kier alpha value is -0.410. The predicted molar refractivity (Wildman–Crippen MR) is 51.6 cm³/mol. The molecular formula is C9H11BrFN. The van der Waals surface area contributed by atoms with Gasteiger partial charge in [-0.15, -0.1) is 0 Å². The predicted octanol–water partition coefficient (Wildman–Crippen LogP) is 2.81. The van der Waals surface area contributed by atoms with E-state index in [1.165, 1.54) is 0 Å². The van der Waals surface area contributed by atoms with Gasteiger partial charge in [0.1, 0.15) is 6.17 Å². The van der Waals surface area contributed by atoms with Gasteiger partial charge in [0.15, 0.2) is 0 Å². The molecule has 2 atom stereocenters. The molecule has 0 radical (unpaired) electrons. The summed E-state index contributed by atoms with van der Waals surface area (Å²) >= 11 is 3.27. The lowest BCUT2D eigenvalue weighted by atomic mass is 10.1. The summed E-state index contributed by atoms with van der Waals surface area (Å²) in [7, 11) is 0. The number of halogens is 2. The van der Waals surface area contributed by atoms with Crippen molar-refractivity contribution in [2.24, 2.45) is 5.73 Å². The fourth-order valence-corrected chi connectivity index (χ4v) is 1.49. The Balaban J connectivity index is 2.94. The minimum absolute atomic E-state index is 0.469. The summed E-state index contributed by atoms with van der Waals surface area (Å²) in [5.41, 5.74) is 6.06. The summed E-state index contributed by atoms with van der Waals surface area (Å²) in [6.45, 7) is 1.66. The smallest absolute Gasteiger partial charge is 0.141 e. The maximum Gasteiger partial charge on any atom is 0.141 e. The SMILES string of the molecule is CC(N)C(F)c1ccccc1Br. The molecule has 0 saturated heterocycles. The molecule has 12 heavy (non-hydrogen) atoms. The number of alkyl halides is 1. The van der Waals surface area contributed by atoms with Crippen LogP contribution in [0.5, 0.6) is 0 Å². The fraction of sp³-hybridized carbons (Fsp3) is 0.333. The van der Waals surface area contributed by atoms with E-state index in [1.807, 2.05) is 12.1 Å². The zero-order valence-corrected chi connectivity index (χ0v) is 8.38. The van der Waals surface area contributed by atoms with Crippen LogP contribution in [0.2, 0.25) is 0 Å². The molecule has 0 spiro atoms. The van der Waals surface area contributed by atoms with E-state index in [2.05, 4.69) is 15.9 Å². The van der Waals surface area contributed by atoms with Gasteiger partial charge in [0.2, 0.25) is 0 Å². The molecule has 0 heterocycles. The molecule has 0 fully saturated rings. The maximum absolute atomic E-state index is 13.4. The highest BCUT2D eigenvalue weighted by molar-refractivity contribution is 9.10. The van der Waals surface area contributed by atoms with E-state index < -0.39 is 12.2 Å². The van der Waals surface area contributed by atoms with E-state index in [0.29, 0.717) is 5.56 Å². The Labute approximate surface area is 79.9 Å². The van der Waals surface area contributed by atoms with Crippen molar-refractivity contribution in [1.29, 1.82) is 0 Å². The molecule has 3 heteroatoms. The van der Waals surface area contributed by atoms with Crippen molar-refractivity contribution in [3.63, 3.8) is 0 Å². The molecule has 66 valence electrons. The highest BCUT2D eigenvalue weighted by Crippen LogP contribution is 2.27. The first-order valence-corrected chi connectivity index (χ1v) is 4.56. The molecule has 0 aliphatic carbocycles. The molecule has 1 nitrogen and oxygen atoms in total. The van der Waals surface area contributed by atoms with E-state index in [9.17, 15) is 4.39 Å². The Kier molecular flexibility index (Phi) is 3.23. The van der Waals surface area contributed by atoms with Crippen LogP contribution < -0.4 is 5.73 Å². The molecule has 1 aromatic rings. The Bertz CT molecular complexity index is 262. The molecule has 0 aliphatic heterocycles. The number of rotatable bonds is 2. The van der Waals surface area contributed by atoms with Crippen LogP contribution in [-0.4, -0.2) is 6.04 Å². The molecule has 2 N–H and O–H groups in total. The van der Waals surface area contributed by atoms with Crippen LogP contribution in [-0.2, 0) is 0 Å². The van der Waals surface area contributed by atoms with Crippen LogP contribution in [0, 0.1) is 0 Å². The first kappa shape index (κ1) is 9.68. The third-order valence-corrected chi connectivity index (χ3v) is 2.39. The standard InChI is InChI=1S/C9H11BrFN/c1-6(12)9(11)7-4-2-3-5-8(7)10/h2-6,9H,12H2,1H3. The summed E-state index contributed by atoms with van der Waals surface area (Å²) in [4.78, 5) is 0. The molecule has 0 bridgehead atoms. The summed E-state index contributed by atoms with van der Waals surface area (Å²) in [5.74, 6) is 0. The first-order chi connectivity index (χ1) is 5.63. The van der Waals surface area contributed by atoms with E-state index >= 15 is 0 Å². The molecule has 2 unspecified atom stereocenters. The average Bonchev–Trinajstić information content (AvgIpc) is 2.04. The van der Waals surface area contributed by atoms with Gasteiger partial charge in [-0.3, -0.25) is 0 Å². The highest BCUT2D eigenvalue weighted by atomic mass is 79.9. The van der Waals surface area contributed by atoms with Gasteiger partial charge in [0.25, 0.3) is 0 Å². The van der Waals surface area contributed by atoms with Crippen LogP contribution in [0.25, 0.3) is 0 Å². The van der Waals surface area contributed by atoms with Crippen LogP contribution in [0.4, 0.5) is 4.39 Å². The quantitative estimate of drug-likeness (QED) is 0.833. The van der Waals surface area contributed by atoms with Crippen LogP contribution >= 0.6 is 15.9 Å². The summed E-state index contributed by atoms with van der Waals surface area (Å²) < 4.78 is 14.1. The summed E-state index contributed by atoms with van der Waals surface area (Å²) in [5, 5.41) is 0. The van der Waals surface area contributed by atoms with Crippen molar-refractivity contribution in [3.8, 4) is 0 Å². The van der Waals surface area contributed by atoms with Crippen molar-refractivity contribution in [2.75, 3.05) is 0 Å². The molecule has 1 aromatic carbocycles. The number of hydrogen-bond donors (Lipinski definition) is 1. The number of hydrogen-bond acceptors (Lipinski definition) is 1. The second-order valence-electron chi connectivity index (χ2n) is 2.78. The van der Waals surface area contributed by atoms with E-state index in [-0.39, 0.29) is 0 Å². The minimum Gasteiger partial charge on any atom is -0.325 e. The lowest BCUT2D eigenvalue weighted by Crippen LogP contribution is -2.21. The monoisotopic (exact) mass is 231 g/mol. The lowest BCUT2D eigenvalue weighted by molar-refractivity contribution is 0.299. The topological polar surface area (TPSA) is 26.0 Å². The van der Waals surface area contributed by atoms with E-state index in [0.717, 1.165) is 4.47 Å². The van der Waals surface area contributed by atoms with E-state index in [1.54, 1.807) is 19.1 Å². The van der Waals surface area contributed by atoms with Gasteiger partial charge in [-0.1, -0.05) is 34.1 Å². The van der Waals surface area contributed by atoms with Gasteiger partial charge in [0, 0.05) is 16.1 Å². The van der Waals surface area contributed by atoms with Gasteiger partial charge < -0.3 is 5.73 Å². The fourth-order valence-electron chi connectivity index (χ4n) is 0.982. The van der Waals surface area contributed by atoms with Gasteiger partial charge in [-0.25, -0.2) is 4.39 Å². The van der Waals surface area contributed by atoms with Crippen LogP contribution in [0.3, 0.4) is 0 Å². The zero-order chi connectivity index (χ0) is 9.14. The van der Waals surface area contributed by atoms with Gasteiger partial charge in [0.05, 0.1) is 0 Å². The number of benzene rings is 1. The third kappa shape index (κ3) is 2.05. The molecule has 1 rings (SSSR count). The average molecular weight is 232 g/mol. The zero-order valence-electron chi connectivity index (χ0n) is 6.80. The van der Waals surface area contributed by atoms with Gasteiger partial charge in [-0.2, -0.15) is 0 Å². The second-order valence-corrected chi connectivity index (χ2v) is 3.64. The lowest BCUT2D eigenvalue weighted by Gasteiger charge is -2.13. The summed E-state index contributed by atoms with van der Waals surface area (Å²) in [6.07, 6.45) is -1.10. The molecule has 0 aliphatic rings. The third-order valence-electron chi connectivity index (χ3n) is 1.66. The Morgan fingerprint density at radius 1 is 1.42 bits per heavy atom. The largest absolute Gasteiger partial charge is 0.325 e. The molecule has 0 amide bonds. The normalized spacial score (nSPS) is 15.7. The van der Waals surface area contributed by atoms with Crippen molar-refractivity contribution < 1.29 is 4.39 Å². The second kappa shape index (κ2) is 4.01. The molecular weight excluding hydrogens is 221 g/mol. The Morgan fingerprint density at radius 3 is 2.50 bits per heavy atom.